The lowest BCUT2D eigenvalue weighted by Crippen LogP contribution is -2.25. The van der Waals surface area contributed by atoms with Crippen molar-refractivity contribution in [3.8, 4) is 0 Å². The largest absolute Gasteiger partial charge is 0.446 e. The summed E-state index contributed by atoms with van der Waals surface area (Å²) in [7, 11) is 0. The van der Waals surface area contributed by atoms with Gasteiger partial charge in [0.15, 0.2) is 11.5 Å². The maximum atomic E-state index is 11.7. The van der Waals surface area contributed by atoms with E-state index in [1.54, 1.807) is 6.92 Å². The number of rotatable bonds is 4. The summed E-state index contributed by atoms with van der Waals surface area (Å²) in [5, 5.41) is 1.61. The highest BCUT2D eigenvalue weighted by atomic mass is 32.2. The van der Waals surface area contributed by atoms with Gasteiger partial charge in [0.25, 0.3) is 5.24 Å². The van der Waals surface area contributed by atoms with Gasteiger partial charge in [0.1, 0.15) is 11.3 Å². The predicted molar refractivity (Wildman–Crippen MR) is 91.4 cm³/mol. The molecule has 1 aliphatic heterocycles. The fourth-order valence-electron chi connectivity index (χ4n) is 2.84. The second-order valence-electron chi connectivity index (χ2n) is 5.91. The first-order valence-electron chi connectivity index (χ1n) is 7.80. The minimum atomic E-state index is -0.392. The molecule has 7 nitrogen and oxygen atoms in total. The molecule has 2 amide bonds. The maximum absolute atomic E-state index is 11.7. The number of imide groups is 1. The van der Waals surface area contributed by atoms with Crippen LogP contribution < -0.4 is 5.32 Å². The Bertz CT molecular complexity index is 991. The maximum Gasteiger partial charge on any atom is 0.286 e. The van der Waals surface area contributed by atoms with E-state index in [0.717, 1.165) is 34.3 Å². The van der Waals surface area contributed by atoms with E-state index < -0.39 is 5.25 Å². The molecule has 0 saturated carbocycles. The van der Waals surface area contributed by atoms with Gasteiger partial charge in [0.2, 0.25) is 11.8 Å². The quantitative estimate of drug-likeness (QED) is 0.766. The number of benzene rings is 1. The molecule has 3 aromatic rings. The van der Waals surface area contributed by atoms with Crippen LogP contribution >= 0.6 is 11.8 Å². The summed E-state index contributed by atoms with van der Waals surface area (Å²) in [5.41, 5.74) is 3.14. The first kappa shape index (κ1) is 15.9. The minimum Gasteiger partial charge on any atom is -0.446 e. The highest BCUT2D eigenvalue weighted by Crippen LogP contribution is 2.25. The van der Waals surface area contributed by atoms with E-state index in [1.165, 1.54) is 0 Å². The zero-order valence-electron chi connectivity index (χ0n) is 13.7. The fraction of sp³-hybridized carbons (Fsp3) is 0.294. The van der Waals surface area contributed by atoms with Crippen molar-refractivity contribution in [1.29, 1.82) is 0 Å². The zero-order chi connectivity index (χ0) is 17.6. The monoisotopic (exact) mass is 357 g/mol. The summed E-state index contributed by atoms with van der Waals surface area (Å²) in [6.07, 6.45) is 0.935. The minimum absolute atomic E-state index is 0.243. The molecule has 128 valence electrons. The number of fused-ring (bicyclic) bond motifs is 1. The molecule has 0 spiro atoms. The van der Waals surface area contributed by atoms with Gasteiger partial charge in [-0.05, 0) is 31.0 Å². The van der Waals surface area contributed by atoms with E-state index >= 15 is 0 Å². The Labute approximate surface area is 147 Å². The highest BCUT2D eigenvalue weighted by Gasteiger charge is 2.31. The van der Waals surface area contributed by atoms with Crippen LogP contribution in [0.2, 0.25) is 0 Å². The topological polar surface area (TPSA) is 98.2 Å². The predicted octanol–water partition coefficient (Wildman–Crippen LogP) is 2.92. The second kappa shape index (κ2) is 6.03. The number of hydrogen-bond acceptors (Lipinski definition) is 7. The summed E-state index contributed by atoms with van der Waals surface area (Å²) < 4.78 is 11.2. The summed E-state index contributed by atoms with van der Waals surface area (Å²) in [4.78, 5) is 31.8. The molecular formula is C17H15N3O4S. The van der Waals surface area contributed by atoms with E-state index in [1.807, 2.05) is 25.1 Å². The molecule has 1 aromatic carbocycles. The van der Waals surface area contributed by atoms with Crippen LogP contribution in [0.1, 0.15) is 28.8 Å². The normalized spacial score (nSPS) is 17.4. The SMILES string of the molecule is Cc1nc(Cc2nc3cc(CC4SC(=O)NC4=O)ccc3o2)c(C)o1. The van der Waals surface area contributed by atoms with Crippen molar-refractivity contribution in [2.75, 3.05) is 0 Å². The molecule has 1 fully saturated rings. The molecule has 8 heteroatoms. The summed E-state index contributed by atoms with van der Waals surface area (Å²) in [6, 6.07) is 5.61. The van der Waals surface area contributed by atoms with Gasteiger partial charge in [-0.2, -0.15) is 0 Å². The van der Waals surface area contributed by atoms with Crippen LogP contribution in [0.15, 0.2) is 27.0 Å². The average Bonchev–Trinajstić information content (AvgIpc) is 3.17. The molecule has 25 heavy (non-hydrogen) atoms. The van der Waals surface area contributed by atoms with Crippen LogP contribution in [-0.2, 0) is 17.6 Å². The Balaban J connectivity index is 1.56. The van der Waals surface area contributed by atoms with Gasteiger partial charge in [-0.1, -0.05) is 17.8 Å². The highest BCUT2D eigenvalue weighted by molar-refractivity contribution is 8.15. The Kier molecular flexibility index (Phi) is 3.84. The summed E-state index contributed by atoms with van der Waals surface area (Å²) in [5.74, 6) is 1.70. The van der Waals surface area contributed by atoms with Crippen LogP contribution in [0.25, 0.3) is 11.1 Å². The lowest BCUT2D eigenvalue weighted by atomic mass is 10.1. The van der Waals surface area contributed by atoms with Gasteiger partial charge in [-0.15, -0.1) is 0 Å². The second-order valence-corrected chi connectivity index (χ2v) is 7.09. The number of nitrogens with one attached hydrogen (secondary N) is 1. The fourth-order valence-corrected chi connectivity index (χ4v) is 3.70. The van der Waals surface area contributed by atoms with Crippen molar-refractivity contribution in [1.82, 2.24) is 15.3 Å². The van der Waals surface area contributed by atoms with E-state index in [9.17, 15) is 9.59 Å². The Morgan fingerprint density at radius 2 is 2.04 bits per heavy atom. The number of amides is 2. The number of oxazole rings is 2. The Hall–Kier alpha value is -2.61. The molecule has 4 rings (SSSR count). The van der Waals surface area contributed by atoms with Gasteiger partial charge in [-0.25, -0.2) is 9.97 Å². The summed E-state index contributed by atoms with van der Waals surface area (Å²) in [6.45, 7) is 3.67. The third-order valence-corrected chi connectivity index (χ3v) is 4.98. The van der Waals surface area contributed by atoms with E-state index in [2.05, 4.69) is 15.3 Å². The third kappa shape index (κ3) is 3.17. The smallest absolute Gasteiger partial charge is 0.286 e. The number of carbonyl (C=O) groups excluding carboxylic acids is 2. The van der Waals surface area contributed by atoms with Crippen LogP contribution in [-0.4, -0.2) is 26.4 Å². The molecule has 3 heterocycles. The van der Waals surface area contributed by atoms with Gasteiger partial charge in [-0.3, -0.25) is 14.9 Å². The van der Waals surface area contributed by atoms with Gasteiger partial charge in [0, 0.05) is 6.92 Å². The van der Waals surface area contributed by atoms with E-state index in [4.69, 9.17) is 8.83 Å². The molecule has 1 atom stereocenters. The number of aromatic nitrogens is 2. The van der Waals surface area contributed by atoms with Crippen LogP contribution in [0, 0.1) is 13.8 Å². The van der Waals surface area contributed by atoms with E-state index in [-0.39, 0.29) is 11.1 Å². The number of nitrogens with zero attached hydrogens (tertiary/aromatic N) is 2. The molecule has 2 aromatic heterocycles. The van der Waals surface area contributed by atoms with Crippen molar-refractivity contribution in [2.45, 2.75) is 31.9 Å². The first-order valence-corrected chi connectivity index (χ1v) is 8.68. The van der Waals surface area contributed by atoms with E-state index in [0.29, 0.717) is 30.2 Å². The number of thioether (sulfide) groups is 1. The Morgan fingerprint density at radius 3 is 2.72 bits per heavy atom. The van der Waals surface area contributed by atoms with Gasteiger partial charge < -0.3 is 8.83 Å². The van der Waals surface area contributed by atoms with Crippen LogP contribution in [0.5, 0.6) is 0 Å². The molecule has 0 aliphatic carbocycles. The molecular weight excluding hydrogens is 342 g/mol. The lowest BCUT2D eigenvalue weighted by molar-refractivity contribution is -0.118. The number of aryl methyl sites for hydroxylation is 2. The lowest BCUT2D eigenvalue weighted by Gasteiger charge is -2.04. The van der Waals surface area contributed by atoms with Crippen molar-refractivity contribution in [3.05, 3.63) is 47.0 Å². The van der Waals surface area contributed by atoms with Gasteiger partial charge in [0.05, 0.1) is 17.4 Å². The molecule has 1 N–H and O–H groups in total. The molecule has 0 bridgehead atoms. The summed E-state index contributed by atoms with van der Waals surface area (Å²) >= 11 is 1.02. The van der Waals surface area contributed by atoms with Gasteiger partial charge >= 0.3 is 0 Å². The van der Waals surface area contributed by atoms with Crippen molar-refractivity contribution in [3.63, 3.8) is 0 Å². The first-order chi connectivity index (χ1) is 12.0. The van der Waals surface area contributed by atoms with Crippen molar-refractivity contribution >= 4 is 34.0 Å². The molecule has 1 unspecified atom stereocenters. The van der Waals surface area contributed by atoms with Crippen LogP contribution in [0.4, 0.5) is 4.79 Å². The Morgan fingerprint density at radius 1 is 1.20 bits per heavy atom. The van der Waals surface area contributed by atoms with Crippen molar-refractivity contribution in [2.24, 2.45) is 0 Å². The average molecular weight is 357 g/mol. The standard InChI is InChI=1S/C17H15N3O4S/c1-8-11(18-9(2)23-8)7-15-19-12-5-10(3-4-13(12)24-15)6-14-16(21)20-17(22)25-14/h3-5,14H,6-7H2,1-2H3,(H,20,21,22). The third-order valence-electron chi connectivity index (χ3n) is 4.00. The molecule has 0 radical (unpaired) electrons. The molecule has 1 aliphatic rings. The zero-order valence-corrected chi connectivity index (χ0v) is 14.5. The number of carbonyl (C=O) groups is 2. The van der Waals surface area contributed by atoms with Crippen LogP contribution in [0.3, 0.4) is 0 Å². The van der Waals surface area contributed by atoms with Crippen molar-refractivity contribution < 1.29 is 18.4 Å². The number of hydrogen-bond donors (Lipinski definition) is 1. The molecule has 1 saturated heterocycles.